The summed E-state index contributed by atoms with van der Waals surface area (Å²) < 4.78 is 14.6. The molecule has 6 nitrogen and oxygen atoms in total. The Labute approximate surface area is 333 Å². The summed E-state index contributed by atoms with van der Waals surface area (Å²) in [5.41, 5.74) is 10.1. The van der Waals surface area contributed by atoms with Gasteiger partial charge in [-0.15, -0.1) is 12.1 Å². The zero-order valence-electron chi connectivity index (χ0n) is 29.6. The van der Waals surface area contributed by atoms with E-state index in [1.807, 2.05) is 64.7 Å². The van der Waals surface area contributed by atoms with Crippen molar-refractivity contribution in [2.75, 3.05) is 7.05 Å². The molecule has 0 unspecified atom stereocenters. The molecule has 0 saturated heterocycles. The van der Waals surface area contributed by atoms with Crippen molar-refractivity contribution in [1.29, 1.82) is 0 Å². The van der Waals surface area contributed by atoms with Crippen LogP contribution in [-0.4, -0.2) is 28.6 Å². The van der Waals surface area contributed by atoms with Crippen LogP contribution in [0.25, 0.3) is 33.0 Å². The SMILES string of the molecule is C[N+]1=C=[N+](c2[c-]c(Oc3[c-]c([N+]4=C=[N+](c5c(-c6ccccc6)cccc5-c5ccccc5)c5c4ccc4ccccc54)ccc3)ccc2)c2ncccc21.[Pt+2]. The van der Waals surface area contributed by atoms with Crippen molar-refractivity contribution < 1.29 is 30.4 Å². The molecule has 8 aromatic rings. The van der Waals surface area contributed by atoms with Gasteiger partial charge in [-0.05, 0) is 51.4 Å². The third-order valence-corrected chi connectivity index (χ3v) is 9.77. The van der Waals surface area contributed by atoms with E-state index >= 15 is 0 Å². The van der Waals surface area contributed by atoms with Crippen LogP contribution in [0.15, 0.2) is 170 Å². The van der Waals surface area contributed by atoms with Crippen LogP contribution >= 0.6 is 0 Å². The number of hydrogen-bond donors (Lipinski definition) is 0. The molecule has 1 aromatic heterocycles. The monoisotopic (exact) mass is 888 g/mol. The number of ether oxygens (including phenoxy) is 1. The molecule has 2 aliphatic rings. The Morgan fingerprint density at radius 3 is 1.82 bits per heavy atom. The van der Waals surface area contributed by atoms with Gasteiger partial charge in [-0.25, -0.2) is 0 Å². The first-order valence-electron chi connectivity index (χ1n) is 17.8. The zero-order chi connectivity index (χ0) is 36.0. The van der Waals surface area contributed by atoms with Gasteiger partial charge in [0.2, 0.25) is 5.69 Å². The van der Waals surface area contributed by atoms with Gasteiger partial charge in [0.05, 0.1) is 16.5 Å². The van der Waals surface area contributed by atoms with Gasteiger partial charge in [0.25, 0.3) is 5.69 Å². The van der Waals surface area contributed by atoms with Crippen molar-refractivity contribution in [3.05, 3.63) is 182 Å². The van der Waals surface area contributed by atoms with Gasteiger partial charge in [0.1, 0.15) is 11.4 Å². The number of aromatic nitrogens is 1. The fraction of sp³-hybridized carbons (Fsp3) is 0.0208. The van der Waals surface area contributed by atoms with Crippen molar-refractivity contribution >= 4 is 62.7 Å². The second kappa shape index (κ2) is 14.2. The maximum Gasteiger partial charge on any atom is 2.00 e. The zero-order valence-corrected chi connectivity index (χ0v) is 31.9. The van der Waals surface area contributed by atoms with Crippen LogP contribution in [0.2, 0.25) is 0 Å². The number of hydrogen-bond acceptors (Lipinski definition) is 2. The number of benzene rings is 7. The number of para-hydroxylation sites is 1. The first-order valence-corrected chi connectivity index (χ1v) is 17.8. The van der Waals surface area contributed by atoms with Gasteiger partial charge in [-0.2, -0.15) is 17.1 Å². The number of pyridine rings is 1. The van der Waals surface area contributed by atoms with Gasteiger partial charge in [0, 0.05) is 29.8 Å². The summed E-state index contributed by atoms with van der Waals surface area (Å²) in [5, 5.41) is 2.28. The summed E-state index contributed by atoms with van der Waals surface area (Å²) in [7, 11) is 1.96. The molecule has 0 N–H and O–H groups in total. The molecular weight excluding hydrogens is 858 g/mol. The maximum absolute atomic E-state index is 6.45. The third kappa shape index (κ3) is 6.05. The summed E-state index contributed by atoms with van der Waals surface area (Å²) in [6.07, 6.45) is 1.78. The Bertz CT molecular complexity index is 2890. The van der Waals surface area contributed by atoms with Crippen molar-refractivity contribution in [3.63, 3.8) is 0 Å². The Balaban J connectivity index is 0.00000397. The van der Waals surface area contributed by atoms with Crippen LogP contribution in [0.3, 0.4) is 0 Å². The molecule has 7 heteroatoms. The first-order chi connectivity index (χ1) is 26.7. The van der Waals surface area contributed by atoms with Gasteiger partial charge >= 0.3 is 50.3 Å². The van der Waals surface area contributed by atoms with Crippen molar-refractivity contribution in [1.82, 2.24) is 18.7 Å². The van der Waals surface area contributed by atoms with Gasteiger partial charge in [-0.3, -0.25) is 0 Å². The molecule has 0 saturated carbocycles. The minimum Gasteiger partial charge on any atom is -0.509 e. The Kier molecular flexibility index (Phi) is 8.78. The molecule has 0 radical (unpaired) electrons. The first kappa shape index (κ1) is 34.0. The average Bonchev–Trinajstić information content (AvgIpc) is 3.80. The van der Waals surface area contributed by atoms with E-state index in [0.29, 0.717) is 11.5 Å². The summed E-state index contributed by atoms with van der Waals surface area (Å²) >= 11 is 0. The van der Waals surface area contributed by atoms with E-state index in [4.69, 9.17) is 4.74 Å². The van der Waals surface area contributed by atoms with Gasteiger partial charge in [-0.1, -0.05) is 123 Å². The van der Waals surface area contributed by atoms with Crippen molar-refractivity contribution in [2.24, 2.45) is 0 Å². The maximum atomic E-state index is 6.45. The predicted octanol–water partition coefficient (Wildman–Crippen LogP) is 11.1. The van der Waals surface area contributed by atoms with Gasteiger partial charge < -0.3 is 4.74 Å². The Hall–Kier alpha value is -6.80. The van der Waals surface area contributed by atoms with Crippen LogP contribution in [0.1, 0.15) is 0 Å². The molecule has 0 atom stereocenters. The van der Waals surface area contributed by atoms with E-state index in [1.54, 1.807) is 6.20 Å². The quantitative estimate of drug-likeness (QED) is 0.118. The van der Waals surface area contributed by atoms with Crippen LogP contribution < -0.4 is 18.5 Å². The number of rotatable bonds is 7. The Morgan fingerprint density at radius 1 is 0.509 bits per heavy atom. The molecule has 7 aromatic carbocycles. The number of nitrogens with zero attached hydrogens (tertiary/aromatic N) is 5. The largest absolute Gasteiger partial charge is 2.00 e. The van der Waals surface area contributed by atoms with Crippen LogP contribution in [0, 0.1) is 12.1 Å². The summed E-state index contributed by atoms with van der Waals surface area (Å²) in [4.78, 5) is 4.59. The minimum atomic E-state index is 0. The molecule has 55 heavy (non-hydrogen) atoms. The third-order valence-electron chi connectivity index (χ3n) is 9.77. The smallest absolute Gasteiger partial charge is 0.509 e. The van der Waals surface area contributed by atoms with Crippen LogP contribution in [-0.2, 0) is 21.1 Å². The molecule has 0 aliphatic carbocycles. The second-order valence-corrected chi connectivity index (χ2v) is 13.1. The molecule has 10 rings (SSSR count). The van der Waals surface area contributed by atoms with Crippen molar-refractivity contribution in [2.45, 2.75) is 0 Å². The second-order valence-electron chi connectivity index (χ2n) is 13.1. The average molecular weight is 889 g/mol. The van der Waals surface area contributed by atoms with Gasteiger partial charge in [0.15, 0.2) is 7.05 Å². The fourth-order valence-corrected chi connectivity index (χ4v) is 7.31. The summed E-state index contributed by atoms with van der Waals surface area (Å²) in [5.74, 6) is 1.91. The van der Waals surface area contributed by atoms with Crippen molar-refractivity contribution in [3.8, 4) is 33.8 Å². The standard InChI is InChI=1S/C48H31N5O.Pt/c1-50-32-52(48-45(50)26-13-29-49-48)38-20-11-22-40(31-38)54-39-21-10-19-37(30-39)51-33-53(47-43-23-9-8-18-36(43)27-28-44(47)51)46-41(34-14-4-2-5-15-34)24-12-25-42(46)35-16-6-3-7-17-35;/h2-29H,1H3;/q2*+2. The molecule has 0 bridgehead atoms. The summed E-state index contributed by atoms with van der Waals surface area (Å²) in [6.45, 7) is 0. The van der Waals surface area contributed by atoms with E-state index in [9.17, 15) is 0 Å². The van der Waals surface area contributed by atoms with E-state index in [1.165, 1.54) is 0 Å². The van der Waals surface area contributed by atoms with E-state index in [0.717, 1.165) is 73.0 Å². The molecule has 3 heterocycles. The topological polar surface area (TPSA) is 34.2 Å². The predicted molar refractivity (Wildman–Crippen MR) is 216 cm³/mol. The Morgan fingerprint density at radius 2 is 1.13 bits per heavy atom. The molecule has 0 fully saturated rings. The summed E-state index contributed by atoms with van der Waals surface area (Å²) in [6, 6.07) is 70.3. The van der Waals surface area contributed by atoms with Crippen LogP contribution in [0.4, 0.5) is 39.9 Å². The van der Waals surface area contributed by atoms with E-state index in [-0.39, 0.29) is 21.1 Å². The minimum absolute atomic E-state index is 0. The molecule has 0 amide bonds. The molecule has 2 aliphatic heterocycles. The number of fused-ring (bicyclic) bond motifs is 4. The molecular formula is C48H31N5OPt+4. The molecule has 260 valence electrons. The van der Waals surface area contributed by atoms with E-state index in [2.05, 4.69) is 154 Å². The normalized spacial score (nSPS) is 12.5. The molecule has 0 spiro atoms. The van der Waals surface area contributed by atoms with Crippen LogP contribution in [0.5, 0.6) is 11.5 Å². The van der Waals surface area contributed by atoms with E-state index < -0.39 is 0 Å². The fourth-order valence-electron chi connectivity index (χ4n) is 7.31.